The molecule has 0 heterocycles. The summed E-state index contributed by atoms with van der Waals surface area (Å²) in [6.45, 7) is 0. The van der Waals surface area contributed by atoms with Gasteiger partial charge in [0.1, 0.15) is 5.75 Å². The maximum Gasteiger partial charge on any atom is 0.176 e. The molecule has 0 saturated carbocycles. The molecular formula is C11H10O3S. The summed E-state index contributed by atoms with van der Waals surface area (Å²) in [7, 11) is -3.26. The highest BCUT2D eigenvalue weighted by molar-refractivity contribution is 7.91. The molecule has 0 fully saturated rings. The van der Waals surface area contributed by atoms with E-state index in [1.807, 2.05) is 0 Å². The fourth-order valence-corrected chi connectivity index (χ4v) is 2.49. The molecule has 0 amide bonds. The fourth-order valence-electron chi connectivity index (χ4n) is 1.59. The lowest BCUT2D eigenvalue weighted by Gasteiger charge is -2.05. The molecule has 4 heteroatoms. The van der Waals surface area contributed by atoms with Gasteiger partial charge in [-0.1, -0.05) is 24.3 Å². The molecule has 0 aliphatic heterocycles. The van der Waals surface area contributed by atoms with Gasteiger partial charge < -0.3 is 5.11 Å². The van der Waals surface area contributed by atoms with Crippen LogP contribution < -0.4 is 0 Å². The zero-order chi connectivity index (χ0) is 11.1. The summed E-state index contributed by atoms with van der Waals surface area (Å²) in [5.74, 6) is 0.0954. The Morgan fingerprint density at radius 3 is 2.27 bits per heavy atom. The minimum atomic E-state index is -3.26. The maximum atomic E-state index is 11.5. The zero-order valence-electron chi connectivity index (χ0n) is 8.14. The van der Waals surface area contributed by atoms with Crippen molar-refractivity contribution in [2.75, 3.05) is 6.26 Å². The number of rotatable bonds is 1. The molecule has 0 saturated heterocycles. The second kappa shape index (κ2) is 3.24. The van der Waals surface area contributed by atoms with Gasteiger partial charge in [0.15, 0.2) is 9.84 Å². The smallest absolute Gasteiger partial charge is 0.176 e. The van der Waals surface area contributed by atoms with E-state index in [0.717, 1.165) is 6.26 Å². The number of aromatic hydroxyl groups is 1. The fraction of sp³-hybridized carbons (Fsp3) is 0.0909. The number of fused-ring (bicyclic) bond motifs is 1. The second-order valence-corrected chi connectivity index (χ2v) is 5.38. The lowest BCUT2D eigenvalue weighted by Crippen LogP contribution is -1.97. The van der Waals surface area contributed by atoms with Crippen molar-refractivity contribution < 1.29 is 13.5 Å². The average molecular weight is 222 g/mol. The number of hydrogen-bond donors (Lipinski definition) is 1. The summed E-state index contributed by atoms with van der Waals surface area (Å²) in [6, 6.07) is 9.71. The van der Waals surface area contributed by atoms with Crippen molar-refractivity contribution in [3.63, 3.8) is 0 Å². The van der Waals surface area contributed by atoms with Crippen LogP contribution >= 0.6 is 0 Å². The Morgan fingerprint density at radius 2 is 1.60 bits per heavy atom. The van der Waals surface area contributed by atoms with Crippen LogP contribution in [0.5, 0.6) is 5.75 Å². The summed E-state index contributed by atoms with van der Waals surface area (Å²) in [5.41, 5.74) is 0. The van der Waals surface area contributed by atoms with Crippen molar-refractivity contribution in [3.05, 3.63) is 36.4 Å². The Kier molecular flexibility index (Phi) is 2.16. The van der Waals surface area contributed by atoms with Crippen molar-refractivity contribution >= 4 is 20.6 Å². The monoisotopic (exact) mass is 222 g/mol. The molecule has 0 spiro atoms. The predicted molar refractivity (Wildman–Crippen MR) is 58.7 cm³/mol. The molecule has 2 aromatic rings. The van der Waals surface area contributed by atoms with Gasteiger partial charge in [0, 0.05) is 17.0 Å². The minimum absolute atomic E-state index is 0.0954. The first-order chi connectivity index (χ1) is 7.00. The lowest BCUT2D eigenvalue weighted by molar-refractivity contribution is 0.481. The van der Waals surface area contributed by atoms with Gasteiger partial charge in [0.05, 0.1) is 4.90 Å². The van der Waals surface area contributed by atoms with Gasteiger partial charge in [0.25, 0.3) is 0 Å². The first kappa shape index (κ1) is 9.98. The highest BCUT2D eigenvalue weighted by Crippen LogP contribution is 2.28. The molecule has 0 aliphatic rings. The van der Waals surface area contributed by atoms with Crippen LogP contribution in [0.15, 0.2) is 41.3 Å². The normalized spacial score (nSPS) is 11.8. The molecule has 0 aromatic heterocycles. The minimum Gasteiger partial charge on any atom is -0.507 e. The van der Waals surface area contributed by atoms with Crippen molar-refractivity contribution in [1.29, 1.82) is 0 Å². The maximum absolute atomic E-state index is 11.5. The van der Waals surface area contributed by atoms with Gasteiger partial charge in [0.2, 0.25) is 0 Å². The van der Waals surface area contributed by atoms with Crippen LogP contribution in [-0.2, 0) is 9.84 Å². The highest BCUT2D eigenvalue weighted by Gasteiger charge is 2.12. The number of hydrogen-bond acceptors (Lipinski definition) is 3. The molecule has 2 rings (SSSR count). The molecule has 15 heavy (non-hydrogen) atoms. The van der Waals surface area contributed by atoms with Gasteiger partial charge in [-0.2, -0.15) is 0 Å². The molecule has 78 valence electrons. The molecule has 2 aromatic carbocycles. The number of benzene rings is 2. The lowest BCUT2D eigenvalue weighted by atomic mass is 10.1. The van der Waals surface area contributed by atoms with Crippen LogP contribution in [0.2, 0.25) is 0 Å². The summed E-state index contributed by atoms with van der Waals surface area (Å²) < 4.78 is 23.0. The Labute approximate surface area is 87.9 Å². The van der Waals surface area contributed by atoms with Crippen molar-refractivity contribution in [2.24, 2.45) is 0 Å². The quantitative estimate of drug-likeness (QED) is 0.802. The van der Waals surface area contributed by atoms with E-state index in [0.29, 0.717) is 10.8 Å². The third-order valence-corrected chi connectivity index (χ3v) is 3.41. The summed E-state index contributed by atoms with van der Waals surface area (Å²) in [5, 5.41) is 10.7. The third kappa shape index (κ3) is 1.68. The van der Waals surface area contributed by atoms with E-state index in [4.69, 9.17) is 0 Å². The highest BCUT2D eigenvalue weighted by atomic mass is 32.2. The van der Waals surface area contributed by atoms with Crippen LogP contribution in [0.1, 0.15) is 0 Å². The standard InChI is InChI=1S/C11H10O3S/c1-15(13,14)11-7-3-4-8-9(11)5-2-6-10(8)12/h2-7,12H,1H3. The summed E-state index contributed by atoms with van der Waals surface area (Å²) in [6.07, 6.45) is 1.16. The Hall–Kier alpha value is -1.55. The van der Waals surface area contributed by atoms with Crippen LogP contribution in [0, 0.1) is 0 Å². The van der Waals surface area contributed by atoms with E-state index in [1.54, 1.807) is 24.3 Å². The van der Waals surface area contributed by atoms with Crippen molar-refractivity contribution in [2.45, 2.75) is 4.90 Å². The summed E-state index contributed by atoms with van der Waals surface area (Å²) in [4.78, 5) is 0.246. The van der Waals surface area contributed by atoms with E-state index in [-0.39, 0.29) is 10.6 Å². The molecular weight excluding hydrogens is 212 g/mol. The van der Waals surface area contributed by atoms with E-state index in [9.17, 15) is 13.5 Å². The van der Waals surface area contributed by atoms with E-state index < -0.39 is 9.84 Å². The zero-order valence-corrected chi connectivity index (χ0v) is 8.95. The van der Waals surface area contributed by atoms with Gasteiger partial charge in [-0.3, -0.25) is 0 Å². The average Bonchev–Trinajstić information content (AvgIpc) is 2.16. The van der Waals surface area contributed by atoms with E-state index in [2.05, 4.69) is 0 Å². The van der Waals surface area contributed by atoms with Crippen LogP contribution in [0.4, 0.5) is 0 Å². The molecule has 1 N–H and O–H groups in total. The largest absolute Gasteiger partial charge is 0.507 e. The van der Waals surface area contributed by atoms with Gasteiger partial charge in [-0.15, -0.1) is 0 Å². The van der Waals surface area contributed by atoms with Crippen LogP contribution in [0.25, 0.3) is 10.8 Å². The molecule has 0 radical (unpaired) electrons. The van der Waals surface area contributed by atoms with Crippen LogP contribution in [-0.4, -0.2) is 19.8 Å². The Bertz CT molecular complexity index is 615. The summed E-state index contributed by atoms with van der Waals surface area (Å²) >= 11 is 0. The molecule has 3 nitrogen and oxygen atoms in total. The van der Waals surface area contributed by atoms with Gasteiger partial charge >= 0.3 is 0 Å². The van der Waals surface area contributed by atoms with Crippen LogP contribution in [0.3, 0.4) is 0 Å². The SMILES string of the molecule is CS(=O)(=O)c1cccc2c(O)cccc12. The topological polar surface area (TPSA) is 54.4 Å². The van der Waals surface area contributed by atoms with E-state index in [1.165, 1.54) is 12.1 Å². The molecule has 0 bridgehead atoms. The van der Waals surface area contributed by atoms with Gasteiger partial charge in [-0.05, 0) is 12.1 Å². The number of phenolic OH excluding ortho intramolecular Hbond substituents is 1. The van der Waals surface area contributed by atoms with Gasteiger partial charge in [-0.25, -0.2) is 8.42 Å². The number of phenols is 1. The van der Waals surface area contributed by atoms with E-state index >= 15 is 0 Å². The third-order valence-electron chi connectivity index (χ3n) is 2.26. The first-order valence-electron chi connectivity index (χ1n) is 4.41. The Balaban J connectivity index is 2.96. The number of sulfone groups is 1. The molecule has 0 aliphatic carbocycles. The van der Waals surface area contributed by atoms with Crippen molar-refractivity contribution in [3.8, 4) is 5.75 Å². The molecule has 0 atom stereocenters. The van der Waals surface area contributed by atoms with Crippen molar-refractivity contribution in [1.82, 2.24) is 0 Å². The molecule has 0 unspecified atom stereocenters. The Morgan fingerprint density at radius 1 is 1.00 bits per heavy atom. The second-order valence-electron chi connectivity index (χ2n) is 3.40. The first-order valence-corrected chi connectivity index (χ1v) is 6.30. The predicted octanol–water partition coefficient (Wildman–Crippen LogP) is 1.95.